The van der Waals surface area contributed by atoms with E-state index >= 15 is 0 Å². The third kappa shape index (κ3) is 8.65. The third-order valence-electron chi connectivity index (χ3n) is 6.90. The number of nitrogens with one attached hydrogen (secondary N) is 1. The van der Waals surface area contributed by atoms with E-state index in [1.54, 1.807) is 6.20 Å². The van der Waals surface area contributed by atoms with E-state index in [2.05, 4.69) is 31.1 Å². The van der Waals surface area contributed by atoms with Crippen molar-refractivity contribution in [2.24, 2.45) is 5.73 Å². The number of nitro benzene ring substituents is 1. The predicted molar refractivity (Wildman–Crippen MR) is 158 cm³/mol. The smallest absolute Gasteiger partial charge is 0.478 e. The van der Waals surface area contributed by atoms with E-state index in [1.165, 1.54) is 24.3 Å². The Bertz CT molecular complexity index is 1380. The summed E-state index contributed by atoms with van der Waals surface area (Å²) in [6, 6.07) is 11.1. The minimum Gasteiger partial charge on any atom is -0.478 e. The maximum atomic E-state index is 12.3. The molecule has 1 aromatic carbocycles. The maximum Gasteiger partial charge on any atom is 0.514 e. The molecular formula is C30H40N6O6. The SMILES string of the molecule is CC(C)(N)CCCOc1cc(Nc2cc([C@H]3CC[C@@H](OC(=O)Oc4ccc([N+](=O)[O-])cc4)C3)nn2C(C)(C)C)ccn1. The fourth-order valence-corrected chi connectivity index (χ4v) is 4.83. The van der Waals surface area contributed by atoms with Crippen molar-refractivity contribution in [2.75, 3.05) is 11.9 Å². The van der Waals surface area contributed by atoms with E-state index in [1.807, 2.05) is 36.7 Å². The molecule has 0 unspecified atom stereocenters. The minimum atomic E-state index is -0.834. The number of pyridine rings is 1. The van der Waals surface area contributed by atoms with Crippen LogP contribution in [0.5, 0.6) is 11.6 Å². The van der Waals surface area contributed by atoms with Crippen molar-refractivity contribution in [2.45, 2.75) is 89.8 Å². The number of carbonyl (C=O) groups excluding carboxylic acids is 1. The molecule has 4 rings (SSSR count). The highest BCUT2D eigenvalue weighted by Crippen LogP contribution is 2.38. The van der Waals surface area contributed by atoms with Crippen LogP contribution < -0.4 is 20.5 Å². The summed E-state index contributed by atoms with van der Waals surface area (Å²) in [5, 5.41) is 19.2. The first-order valence-electron chi connectivity index (χ1n) is 14.1. The van der Waals surface area contributed by atoms with Crippen LogP contribution in [0.3, 0.4) is 0 Å². The molecule has 0 saturated heterocycles. The summed E-state index contributed by atoms with van der Waals surface area (Å²) >= 11 is 0. The van der Waals surface area contributed by atoms with E-state index in [0.29, 0.717) is 25.3 Å². The molecule has 1 saturated carbocycles. The van der Waals surface area contributed by atoms with E-state index in [-0.39, 0.29) is 34.5 Å². The van der Waals surface area contributed by atoms with Gasteiger partial charge in [-0.1, -0.05) is 0 Å². The molecule has 1 aliphatic carbocycles. The van der Waals surface area contributed by atoms with Crippen LogP contribution in [-0.2, 0) is 10.3 Å². The van der Waals surface area contributed by atoms with Crippen LogP contribution in [0.2, 0.25) is 0 Å². The number of nitrogens with two attached hydrogens (primary N) is 1. The molecule has 226 valence electrons. The van der Waals surface area contributed by atoms with Gasteiger partial charge < -0.3 is 25.3 Å². The Labute approximate surface area is 245 Å². The molecule has 3 N–H and O–H groups in total. The number of non-ortho nitro benzene ring substituents is 1. The van der Waals surface area contributed by atoms with Gasteiger partial charge in [-0.25, -0.2) is 14.5 Å². The Morgan fingerprint density at radius 1 is 1.14 bits per heavy atom. The zero-order chi connectivity index (χ0) is 30.5. The summed E-state index contributed by atoms with van der Waals surface area (Å²) < 4.78 is 18.6. The predicted octanol–water partition coefficient (Wildman–Crippen LogP) is 6.43. The van der Waals surface area contributed by atoms with Gasteiger partial charge in [0.15, 0.2) is 0 Å². The number of anilines is 2. The minimum absolute atomic E-state index is 0.0851. The summed E-state index contributed by atoms with van der Waals surface area (Å²) in [6.45, 7) is 10.8. The summed E-state index contributed by atoms with van der Waals surface area (Å²) in [5.41, 5.74) is 7.20. The molecule has 0 amide bonds. The van der Waals surface area contributed by atoms with Crippen molar-refractivity contribution in [3.05, 3.63) is 64.5 Å². The highest BCUT2D eigenvalue weighted by Gasteiger charge is 2.32. The zero-order valence-corrected chi connectivity index (χ0v) is 24.8. The molecule has 2 heterocycles. The fraction of sp³-hybridized carbons (Fsp3) is 0.500. The monoisotopic (exact) mass is 580 g/mol. The number of hydrogen-bond acceptors (Lipinski definition) is 10. The third-order valence-corrected chi connectivity index (χ3v) is 6.90. The van der Waals surface area contributed by atoms with Gasteiger partial charge in [0.25, 0.3) is 5.69 Å². The van der Waals surface area contributed by atoms with Crippen LogP contribution in [0.15, 0.2) is 48.7 Å². The first-order valence-corrected chi connectivity index (χ1v) is 14.1. The van der Waals surface area contributed by atoms with Crippen LogP contribution in [0.1, 0.15) is 78.3 Å². The Morgan fingerprint density at radius 3 is 2.55 bits per heavy atom. The van der Waals surface area contributed by atoms with Gasteiger partial charge in [0.05, 0.1) is 22.8 Å². The molecule has 1 fully saturated rings. The largest absolute Gasteiger partial charge is 0.514 e. The molecular weight excluding hydrogens is 540 g/mol. The highest BCUT2D eigenvalue weighted by molar-refractivity contribution is 5.64. The number of hydrogen-bond donors (Lipinski definition) is 2. The summed E-state index contributed by atoms with van der Waals surface area (Å²) in [5.74, 6) is 1.66. The van der Waals surface area contributed by atoms with Crippen molar-refractivity contribution >= 4 is 23.3 Å². The van der Waals surface area contributed by atoms with E-state index < -0.39 is 11.1 Å². The summed E-state index contributed by atoms with van der Waals surface area (Å²) in [4.78, 5) is 27.0. The Hall–Kier alpha value is -4.19. The van der Waals surface area contributed by atoms with Gasteiger partial charge in [-0.05, 0) is 84.9 Å². The zero-order valence-electron chi connectivity index (χ0n) is 24.8. The molecule has 2 atom stereocenters. The second-order valence-corrected chi connectivity index (χ2v) is 12.3. The van der Waals surface area contributed by atoms with Crippen molar-refractivity contribution in [1.82, 2.24) is 14.8 Å². The Kier molecular flexibility index (Phi) is 9.35. The van der Waals surface area contributed by atoms with Gasteiger partial charge in [-0.2, -0.15) is 5.10 Å². The Morgan fingerprint density at radius 2 is 1.88 bits per heavy atom. The fourth-order valence-electron chi connectivity index (χ4n) is 4.83. The lowest BCUT2D eigenvalue weighted by molar-refractivity contribution is -0.384. The molecule has 42 heavy (non-hydrogen) atoms. The van der Waals surface area contributed by atoms with Crippen molar-refractivity contribution < 1.29 is 23.9 Å². The van der Waals surface area contributed by atoms with Crippen molar-refractivity contribution in [1.29, 1.82) is 0 Å². The van der Waals surface area contributed by atoms with E-state index in [9.17, 15) is 14.9 Å². The lowest BCUT2D eigenvalue weighted by Crippen LogP contribution is -2.32. The first kappa shape index (κ1) is 30.8. The van der Waals surface area contributed by atoms with Crippen LogP contribution in [0, 0.1) is 10.1 Å². The molecule has 0 bridgehead atoms. The highest BCUT2D eigenvalue weighted by atomic mass is 16.7. The van der Waals surface area contributed by atoms with Crippen LogP contribution in [-0.4, -0.2) is 44.1 Å². The average Bonchev–Trinajstić information content (AvgIpc) is 3.54. The number of rotatable bonds is 11. The molecule has 1 aliphatic rings. The van der Waals surface area contributed by atoms with E-state index in [0.717, 1.165) is 36.5 Å². The summed E-state index contributed by atoms with van der Waals surface area (Å²) in [7, 11) is 0. The normalized spacial score (nSPS) is 17.1. The number of carbonyl (C=O) groups is 1. The Balaban J connectivity index is 1.37. The number of aromatic nitrogens is 3. The maximum absolute atomic E-state index is 12.3. The number of nitrogens with zero attached hydrogens (tertiary/aromatic N) is 4. The lowest BCUT2D eigenvalue weighted by atomic mass is 10.0. The van der Waals surface area contributed by atoms with Crippen LogP contribution >= 0.6 is 0 Å². The molecule has 2 aromatic heterocycles. The van der Waals surface area contributed by atoms with Gasteiger partial charge in [-0.3, -0.25) is 10.1 Å². The number of benzene rings is 1. The van der Waals surface area contributed by atoms with Gasteiger partial charge in [0, 0.05) is 47.6 Å². The van der Waals surface area contributed by atoms with Gasteiger partial charge in [-0.15, -0.1) is 0 Å². The summed E-state index contributed by atoms with van der Waals surface area (Å²) in [6.07, 6.45) is 4.35. The second kappa shape index (κ2) is 12.8. The first-order chi connectivity index (χ1) is 19.8. The molecule has 12 heteroatoms. The van der Waals surface area contributed by atoms with Crippen molar-refractivity contribution in [3.8, 4) is 11.6 Å². The lowest BCUT2D eigenvalue weighted by Gasteiger charge is -2.23. The molecule has 0 spiro atoms. The van der Waals surface area contributed by atoms with Gasteiger partial charge in [0.2, 0.25) is 5.88 Å². The molecule has 12 nitrogen and oxygen atoms in total. The van der Waals surface area contributed by atoms with Crippen molar-refractivity contribution in [3.63, 3.8) is 0 Å². The number of nitro groups is 1. The average molecular weight is 581 g/mol. The van der Waals surface area contributed by atoms with Crippen LogP contribution in [0.25, 0.3) is 0 Å². The topological polar surface area (TPSA) is 157 Å². The van der Waals surface area contributed by atoms with E-state index in [4.69, 9.17) is 25.0 Å². The quantitative estimate of drug-likeness (QED) is 0.0851. The van der Waals surface area contributed by atoms with Crippen LogP contribution in [0.4, 0.5) is 22.0 Å². The molecule has 0 aliphatic heterocycles. The van der Waals surface area contributed by atoms with Gasteiger partial charge >= 0.3 is 6.16 Å². The molecule has 0 radical (unpaired) electrons. The standard InChI is InChI=1S/C30H40N6O6/c1-29(2,3)35-26(33-21-13-15-32-27(18-21)40-16-6-14-30(4,5)31)19-25(34-35)20-7-10-24(17-20)42-28(37)41-23-11-8-22(9-12-23)36(38)39/h8-9,11-13,15,18-20,24H,6-7,10,14,16-17,31H2,1-5H3,(H,32,33)/t20-,24+/m0/s1. The molecule has 3 aromatic rings. The number of ether oxygens (including phenoxy) is 3. The van der Waals surface area contributed by atoms with Gasteiger partial charge in [0.1, 0.15) is 17.7 Å². The second-order valence-electron chi connectivity index (χ2n) is 12.3.